The average molecular weight is 240 g/mol. The molecule has 0 bridgehead atoms. The summed E-state index contributed by atoms with van der Waals surface area (Å²) in [6.45, 7) is 0. The average Bonchev–Trinajstić information content (AvgIpc) is 2.27. The summed E-state index contributed by atoms with van der Waals surface area (Å²) in [6.07, 6.45) is -4.93. The van der Waals surface area contributed by atoms with Gasteiger partial charge in [0.2, 0.25) is 0 Å². The molecule has 0 saturated heterocycles. The van der Waals surface area contributed by atoms with E-state index in [1.165, 1.54) is 13.2 Å². The summed E-state index contributed by atoms with van der Waals surface area (Å²) in [5.41, 5.74) is -1.64. The predicted molar refractivity (Wildman–Crippen MR) is 52.0 cm³/mol. The molecule has 0 fully saturated rings. The highest BCUT2D eigenvalue weighted by Crippen LogP contribution is 2.36. The van der Waals surface area contributed by atoms with Crippen molar-refractivity contribution in [2.45, 2.75) is 12.6 Å². The molecule has 0 unspecified atom stereocenters. The fourth-order valence-corrected chi connectivity index (χ4v) is 1.44. The maximum Gasteiger partial charge on any atom is 0.417 e. The van der Waals surface area contributed by atoms with E-state index in [9.17, 15) is 13.2 Å². The highest BCUT2D eigenvalue weighted by Gasteiger charge is 2.35. The first-order valence-corrected chi connectivity index (χ1v) is 4.49. The lowest BCUT2D eigenvalue weighted by molar-refractivity contribution is -0.137. The third-order valence-corrected chi connectivity index (χ3v) is 2.16. The van der Waals surface area contributed by atoms with Gasteiger partial charge in [0, 0.05) is 5.56 Å². The monoisotopic (exact) mass is 240 g/mol. The molecule has 0 aliphatic carbocycles. The second-order valence-electron chi connectivity index (χ2n) is 3.11. The van der Waals surface area contributed by atoms with E-state index in [1.807, 2.05) is 0 Å². The van der Waals surface area contributed by atoms with Crippen LogP contribution < -0.4 is 4.74 Å². The number of hydrogen-bond donors (Lipinski definition) is 0. The van der Waals surface area contributed by atoms with Gasteiger partial charge in [-0.3, -0.25) is 0 Å². The van der Waals surface area contributed by atoms with Gasteiger partial charge in [0.25, 0.3) is 0 Å². The van der Waals surface area contributed by atoms with Crippen molar-refractivity contribution < 1.29 is 17.9 Å². The topological polar surface area (TPSA) is 56.8 Å². The molecular formula is C11H7F3N2O. The first-order valence-electron chi connectivity index (χ1n) is 4.49. The number of alkyl halides is 3. The Morgan fingerprint density at radius 3 is 2.35 bits per heavy atom. The number of nitrogens with zero attached hydrogens (tertiary/aromatic N) is 2. The SMILES string of the molecule is COc1ccc(C(F)(F)F)c(C#N)c1CC#N. The number of hydrogen-bond acceptors (Lipinski definition) is 3. The van der Waals surface area contributed by atoms with Crippen molar-refractivity contribution >= 4 is 0 Å². The summed E-state index contributed by atoms with van der Waals surface area (Å²) >= 11 is 0. The summed E-state index contributed by atoms with van der Waals surface area (Å²) in [7, 11) is 1.27. The van der Waals surface area contributed by atoms with E-state index in [2.05, 4.69) is 0 Å². The zero-order chi connectivity index (χ0) is 13.1. The van der Waals surface area contributed by atoms with Crippen LogP contribution in [0.15, 0.2) is 12.1 Å². The van der Waals surface area contributed by atoms with Gasteiger partial charge in [0.15, 0.2) is 0 Å². The third kappa shape index (κ3) is 2.48. The molecule has 1 rings (SSSR count). The predicted octanol–water partition coefficient (Wildman–Crippen LogP) is 2.65. The Bertz CT molecular complexity index is 509. The third-order valence-electron chi connectivity index (χ3n) is 2.16. The van der Waals surface area contributed by atoms with Gasteiger partial charge in [-0.25, -0.2) is 0 Å². The van der Waals surface area contributed by atoms with Gasteiger partial charge in [0.1, 0.15) is 11.8 Å². The zero-order valence-corrected chi connectivity index (χ0v) is 8.80. The van der Waals surface area contributed by atoms with Gasteiger partial charge < -0.3 is 4.74 Å². The normalized spacial score (nSPS) is 10.5. The first kappa shape index (κ1) is 12.9. The fraction of sp³-hybridized carbons (Fsp3) is 0.273. The molecule has 17 heavy (non-hydrogen) atoms. The minimum absolute atomic E-state index is 0.0349. The molecule has 0 aliphatic rings. The van der Waals surface area contributed by atoms with Crippen molar-refractivity contribution in [3.63, 3.8) is 0 Å². The van der Waals surface area contributed by atoms with Crippen molar-refractivity contribution in [3.8, 4) is 17.9 Å². The number of ether oxygens (including phenoxy) is 1. The van der Waals surface area contributed by atoms with Gasteiger partial charge in [0.05, 0.1) is 30.7 Å². The minimum atomic E-state index is -4.62. The maximum absolute atomic E-state index is 12.6. The van der Waals surface area contributed by atoms with Crippen molar-refractivity contribution in [2.24, 2.45) is 0 Å². The van der Waals surface area contributed by atoms with E-state index in [4.69, 9.17) is 15.3 Å². The van der Waals surface area contributed by atoms with Crippen LogP contribution in [-0.2, 0) is 12.6 Å². The second kappa shape index (κ2) is 4.75. The summed E-state index contributed by atoms with van der Waals surface area (Å²) in [6, 6.07) is 5.08. The van der Waals surface area contributed by atoms with Crippen LogP contribution in [0.2, 0.25) is 0 Å². The minimum Gasteiger partial charge on any atom is -0.496 e. The molecule has 0 N–H and O–H groups in total. The van der Waals surface area contributed by atoms with Crippen molar-refractivity contribution in [1.82, 2.24) is 0 Å². The van der Waals surface area contributed by atoms with E-state index in [0.717, 1.165) is 12.1 Å². The molecule has 0 amide bonds. The Kier molecular flexibility index (Phi) is 3.59. The van der Waals surface area contributed by atoms with Crippen LogP contribution in [-0.4, -0.2) is 7.11 Å². The number of rotatable bonds is 2. The van der Waals surface area contributed by atoms with Crippen LogP contribution in [0.4, 0.5) is 13.2 Å². The van der Waals surface area contributed by atoms with Gasteiger partial charge in [-0.2, -0.15) is 23.7 Å². The fourth-order valence-electron chi connectivity index (χ4n) is 1.44. The molecule has 1 aromatic carbocycles. The Morgan fingerprint density at radius 2 is 1.94 bits per heavy atom. The Morgan fingerprint density at radius 1 is 1.29 bits per heavy atom. The van der Waals surface area contributed by atoms with Crippen molar-refractivity contribution in [2.75, 3.05) is 7.11 Å². The number of nitriles is 2. The largest absolute Gasteiger partial charge is 0.496 e. The number of halogens is 3. The summed E-state index contributed by atoms with van der Waals surface area (Å²) < 4.78 is 42.7. The summed E-state index contributed by atoms with van der Waals surface area (Å²) in [4.78, 5) is 0. The van der Waals surface area contributed by atoms with Crippen molar-refractivity contribution in [3.05, 3.63) is 28.8 Å². The molecule has 1 aromatic rings. The van der Waals surface area contributed by atoms with Crippen LogP contribution in [0.5, 0.6) is 5.75 Å². The summed E-state index contributed by atoms with van der Waals surface area (Å²) in [5.74, 6) is 0.108. The zero-order valence-electron chi connectivity index (χ0n) is 8.80. The van der Waals surface area contributed by atoms with Crippen LogP contribution in [0.1, 0.15) is 16.7 Å². The molecule has 3 nitrogen and oxygen atoms in total. The van der Waals surface area contributed by atoms with Crippen molar-refractivity contribution in [1.29, 1.82) is 10.5 Å². The van der Waals surface area contributed by atoms with E-state index in [-0.39, 0.29) is 17.7 Å². The summed E-state index contributed by atoms with van der Waals surface area (Å²) in [5, 5.41) is 17.4. The molecular weight excluding hydrogens is 233 g/mol. The molecule has 0 radical (unpaired) electrons. The van der Waals surface area contributed by atoms with Gasteiger partial charge >= 0.3 is 6.18 Å². The Hall–Kier alpha value is -2.21. The quantitative estimate of drug-likeness (QED) is 0.798. The second-order valence-corrected chi connectivity index (χ2v) is 3.11. The van der Waals surface area contributed by atoms with E-state index in [0.29, 0.717) is 0 Å². The highest BCUT2D eigenvalue weighted by atomic mass is 19.4. The smallest absolute Gasteiger partial charge is 0.417 e. The van der Waals surface area contributed by atoms with Gasteiger partial charge in [-0.05, 0) is 12.1 Å². The molecule has 0 atom stereocenters. The lowest BCUT2D eigenvalue weighted by atomic mass is 9.98. The van der Waals surface area contributed by atoms with Crippen LogP contribution >= 0.6 is 0 Å². The maximum atomic E-state index is 12.6. The lowest BCUT2D eigenvalue weighted by Gasteiger charge is -2.13. The van der Waals surface area contributed by atoms with E-state index in [1.54, 1.807) is 6.07 Å². The molecule has 88 valence electrons. The van der Waals surface area contributed by atoms with Gasteiger partial charge in [-0.1, -0.05) is 0 Å². The standard InChI is InChI=1S/C11H7F3N2O/c1-17-10-3-2-9(11(12,13)14)8(6-16)7(10)4-5-15/h2-3H,4H2,1H3. The molecule has 0 spiro atoms. The number of benzene rings is 1. The van der Waals surface area contributed by atoms with Gasteiger partial charge in [-0.15, -0.1) is 0 Å². The molecule has 0 aromatic heterocycles. The molecule has 0 aliphatic heterocycles. The highest BCUT2D eigenvalue weighted by molar-refractivity contribution is 5.53. The van der Waals surface area contributed by atoms with E-state index >= 15 is 0 Å². The van der Waals surface area contributed by atoms with Crippen LogP contribution in [0.3, 0.4) is 0 Å². The molecule has 0 heterocycles. The Labute approximate surface area is 95.7 Å². The number of methoxy groups -OCH3 is 1. The molecule has 6 heteroatoms. The lowest BCUT2D eigenvalue weighted by Crippen LogP contribution is -2.10. The van der Waals surface area contributed by atoms with Crippen LogP contribution in [0, 0.1) is 22.7 Å². The Balaban J connectivity index is 3.55. The van der Waals surface area contributed by atoms with Crippen LogP contribution in [0.25, 0.3) is 0 Å². The van der Waals surface area contributed by atoms with E-state index < -0.39 is 17.3 Å². The molecule has 0 saturated carbocycles. The first-order chi connectivity index (χ1) is 7.95.